The van der Waals surface area contributed by atoms with Crippen LogP contribution in [0, 0.1) is 0 Å². The summed E-state index contributed by atoms with van der Waals surface area (Å²) >= 11 is 0. The van der Waals surface area contributed by atoms with Crippen molar-refractivity contribution in [3.63, 3.8) is 0 Å². The Morgan fingerprint density at radius 3 is 2.61 bits per heavy atom. The van der Waals surface area contributed by atoms with Gasteiger partial charge in [0.2, 0.25) is 0 Å². The minimum Gasteiger partial charge on any atom is -0.495 e. The number of nitrogen functional groups attached to an aromatic ring is 1. The SMILES string of the molecule is COc1cc(CCc2cc3c(c(-c4ccc(OC5CC5)cc4)n2)OCC3C)cc(C=NC2CC2)c1N. The average molecular weight is 484 g/mol. The lowest BCUT2D eigenvalue weighted by Gasteiger charge is -2.13. The first-order chi connectivity index (χ1) is 17.6. The molecule has 2 heterocycles. The van der Waals surface area contributed by atoms with E-state index in [9.17, 15) is 0 Å². The number of aliphatic imine (C=N–C) groups is 1. The summed E-state index contributed by atoms with van der Waals surface area (Å²) in [5.41, 5.74) is 13.3. The van der Waals surface area contributed by atoms with Crippen LogP contribution in [-0.4, -0.2) is 37.1 Å². The molecule has 0 bridgehead atoms. The number of methoxy groups -OCH3 is 1. The van der Waals surface area contributed by atoms with Crippen LogP contribution in [0.1, 0.15) is 60.9 Å². The van der Waals surface area contributed by atoms with E-state index in [4.69, 9.17) is 24.9 Å². The fraction of sp³-hybridized carbons (Fsp3) is 0.400. The van der Waals surface area contributed by atoms with Gasteiger partial charge in [-0.25, -0.2) is 4.98 Å². The maximum atomic E-state index is 6.33. The quantitative estimate of drug-likeness (QED) is 0.310. The Bertz CT molecular complexity index is 1290. The predicted molar refractivity (Wildman–Crippen MR) is 143 cm³/mol. The zero-order valence-electron chi connectivity index (χ0n) is 21.0. The highest BCUT2D eigenvalue weighted by atomic mass is 16.5. The van der Waals surface area contributed by atoms with Gasteiger partial charge in [0.25, 0.3) is 0 Å². The van der Waals surface area contributed by atoms with E-state index in [1.165, 1.54) is 5.56 Å². The fourth-order valence-corrected chi connectivity index (χ4v) is 4.63. The molecule has 2 saturated carbocycles. The second-order valence-electron chi connectivity index (χ2n) is 10.2. The maximum Gasteiger partial charge on any atom is 0.149 e. The monoisotopic (exact) mass is 483 g/mol. The summed E-state index contributed by atoms with van der Waals surface area (Å²) in [6.07, 6.45) is 8.56. The van der Waals surface area contributed by atoms with E-state index in [0.29, 0.717) is 36.1 Å². The van der Waals surface area contributed by atoms with Gasteiger partial charge in [0.05, 0.1) is 31.5 Å². The molecular formula is C30H33N3O3. The molecule has 6 rings (SSSR count). The zero-order valence-corrected chi connectivity index (χ0v) is 21.0. The molecule has 3 aliphatic rings. The number of benzene rings is 2. The third-order valence-electron chi connectivity index (χ3n) is 7.11. The lowest BCUT2D eigenvalue weighted by Crippen LogP contribution is -2.03. The molecule has 36 heavy (non-hydrogen) atoms. The van der Waals surface area contributed by atoms with Crippen LogP contribution in [-0.2, 0) is 12.8 Å². The summed E-state index contributed by atoms with van der Waals surface area (Å²) in [6.45, 7) is 2.90. The summed E-state index contributed by atoms with van der Waals surface area (Å²) in [5, 5.41) is 0. The number of fused-ring (bicyclic) bond motifs is 1. The van der Waals surface area contributed by atoms with Crippen LogP contribution in [0.3, 0.4) is 0 Å². The van der Waals surface area contributed by atoms with Crippen LogP contribution < -0.4 is 19.9 Å². The van der Waals surface area contributed by atoms with Crippen molar-refractivity contribution in [2.75, 3.05) is 19.5 Å². The lowest BCUT2D eigenvalue weighted by atomic mass is 9.97. The Morgan fingerprint density at radius 2 is 1.89 bits per heavy atom. The van der Waals surface area contributed by atoms with Crippen molar-refractivity contribution in [1.82, 2.24) is 4.98 Å². The molecule has 0 saturated heterocycles. The normalized spacial score (nSPS) is 18.8. The molecule has 3 aromatic rings. The zero-order chi connectivity index (χ0) is 24.6. The molecule has 6 nitrogen and oxygen atoms in total. The van der Waals surface area contributed by atoms with Crippen molar-refractivity contribution >= 4 is 11.9 Å². The molecule has 1 atom stereocenters. The first-order valence-corrected chi connectivity index (χ1v) is 13.0. The summed E-state index contributed by atoms with van der Waals surface area (Å²) < 4.78 is 17.6. The number of aryl methyl sites for hydroxylation is 2. The number of pyridine rings is 1. The molecule has 1 aromatic heterocycles. The molecule has 2 fully saturated rings. The Kier molecular flexibility index (Phi) is 6.04. The third-order valence-corrected chi connectivity index (χ3v) is 7.11. The number of hydrogen-bond acceptors (Lipinski definition) is 6. The van der Waals surface area contributed by atoms with E-state index >= 15 is 0 Å². The molecule has 0 amide bonds. The van der Waals surface area contributed by atoms with Crippen molar-refractivity contribution < 1.29 is 14.2 Å². The van der Waals surface area contributed by atoms with Crippen molar-refractivity contribution in [2.24, 2.45) is 4.99 Å². The van der Waals surface area contributed by atoms with Gasteiger partial charge in [0, 0.05) is 34.5 Å². The van der Waals surface area contributed by atoms with Crippen molar-refractivity contribution in [2.45, 2.75) is 63.5 Å². The Balaban J connectivity index is 1.26. The van der Waals surface area contributed by atoms with E-state index in [0.717, 1.165) is 78.1 Å². The molecular weight excluding hydrogens is 450 g/mol. The van der Waals surface area contributed by atoms with Crippen molar-refractivity contribution in [3.05, 3.63) is 64.8 Å². The van der Waals surface area contributed by atoms with Crippen molar-refractivity contribution in [1.29, 1.82) is 0 Å². The van der Waals surface area contributed by atoms with Crippen LogP contribution in [0.5, 0.6) is 17.2 Å². The predicted octanol–water partition coefficient (Wildman–Crippen LogP) is 5.74. The van der Waals surface area contributed by atoms with E-state index in [1.54, 1.807) is 7.11 Å². The van der Waals surface area contributed by atoms with Gasteiger partial charge in [-0.2, -0.15) is 0 Å². The van der Waals surface area contributed by atoms with Gasteiger partial charge in [0.1, 0.15) is 22.9 Å². The van der Waals surface area contributed by atoms with E-state index in [1.807, 2.05) is 24.4 Å². The Hall–Kier alpha value is -3.54. The summed E-state index contributed by atoms with van der Waals surface area (Å²) in [6, 6.07) is 15.1. The van der Waals surface area contributed by atoms with Crippen LogP contribution in [0.15, 0.2) is 47.5 Å². The third kappa shape index (κ3) is 4.90. The highest BCUT2D eigenvalue weighted by Gasteiger charge is 2.27. The van der Waals surface area contributed by atoms with Crippen LogP contribution in [0.4, 0.5) is 5.69 Å². The first kappa shape index (κ1) is 22.9. The van der Waals surface area contributed by atoms with Gasteiger partial charge < -0.3 is 19.9 Å². The molecule has 0 spiro atoms. The Labute approximate surface area is 212 Å². The number of nitrogens with zero attached hydrogens (tertiary/aromatic N) is 2. The number of aromatic nitrogens is 1. The largest absolute Gasteiger partial charge is 0.495 e. The van der Waals surface area contributed by atoms with Gasteiger partial charge in [-0.15, -0.1) is 0 Å². The maximum absolute atomic E-state index is 6.33. The average Bonchev–Trinajstić information content (AvgIpc) is 3.83. The highest BCUT2D eigenvalue weighted by molar-refractivity contribution is 5.89. The van der Waals surface area contributed by atoms with Gasteiger partial charge in [0.15, 0.2) is 0 Å². The van der Waals surface area contributed by atoms with Gasteiger partial charge >= 0.3 is 0 Å². The highest BCUT2D eigenvalue weighted by Crippen LogP contribution is 2.41. The Morgan fingerprint density at radius 1 is 1.08 bits per heavy atom. The minimum absolute atomic E-state index is 0.347. The molecule has 6 heteroatoms. The number of hydrogen-bond donors (Lipinski definition) is 1. The molecule has 186 valence electrons. The van der Waals surface area contributed by atoms with Crippen LogP contribution in [0.25, 0.3) is 11.3 Å². The van der Waals surface area contributed by atoms with Crippen molar-refractivity contribution in [3.8, 4) is 28.5 Å². The smallest absolute Gasteiger partial charge is 0.149 e. The fourth-order valence-electron chi connectivity index (χ4n) is 4.63. The molecule has 1 unspecified atom stereocenters. The number of anilines is 1. The number of rotatable bonds is 9. The molecule has 2 N–H and O–H groups in total. The second kappa shape index (κ2) is 9.49. The number of nitrogens with two attached hydrogens (primary N) is 1. The van der Waals surface area contributed by atoms with Crippen LogP contribution in [0.2, 0.25) is 0 Å². The summed E-state index contributed by atoms with van der Waals surface area (Å²) in [7, 11) is 1.66. The molecule has 2 aliphatic carbocycles. The number of ether oxygens (including phenoxy) is 3. The van der Waals surface area contributed by atoms with Gasteiger partial charge in [-0.05, 0) is 86.6 Å². The summed E-state index contributed by atoms with van der Waals surface area (Å²) in [5.74, 6) is 2.87. The molecule has 1 aliphatic heterocycles. The van der Waals surface area contributed by atoms with E-state index in [2.05, 4.69) is 36.2 Å². The standard InChI is InChI=1S/C30H33N3O3/c1-18-17-35-30-26(18)15-23(33-29(30)20-4-9-24(10-5-20)36-25-11-12-25)6-3-19-13-21(16-32-22-7-8-22)28(31)27(14-19)34-2/h4-5,9-10,13-16,18,22,25H,3,6-8,11-12,17,31H2,1-2H3. The van der Waals surface area contributed by atoms with Crippen LogP contribution >= 0.6 is 0 Å². The van der Waals surface area contributed by atoms with Gasteiger partial charge in [-0.3, -0.25) is 4.99 Å². The van der Waals surface area contributed by atoms with E-state index < -0.39 is 0 Å². The lowest BCUT2D eigenvalue weighted by molar-refractivity contribution is 0.303. The molecule has 2 aromatic carbocycles. The summed E-state index contributed by atoms with van der Waals surface area (Å²) in [4.78, 5) is 9.69. The van der Waals surface area contributed by atoms with E-state index in [-0.39, 0.29) is 0 Å². The minimum atomic E-state index is 0.347. The van der Waals surface area contributed by atoms with Gasteiger partial charge in [-0.1, -0.05) is 6.92 Å². The second-order valence-corrected chi connectivity index (χ2v) is 10.2. The topological polar surface area (TPSA) is 79.0 Å². The first-order valence-electron chi connectivity index (χ1n) is 13.0. The molecule has 0 radical (unpaired) electrons.